The number of aromatic nitrogens is 2. The van der Waals surface area contributed by atoms with Crippen LogP contribution in [-0.4, -0.2) is 28.5 Å². The van der Waals surface area contributed by atoms with Crippen LogP contribution in [-0.2, 0) is 11.3 Å². The average Bonchev–Trinajstić information content (AvgIpc) is 2.82. The van der Waals surface area contributed by atoms with Crippen molar-refractivity contribution in [1.82, 2.24) is 15.1 Å². The van der Waals surface area contributed by atoms with Crippen LogP contribution in [0.2, 0.25) is 0 Å². The van der Waals surface area contributed by atoms with Crippen molar-refractivity contribution in [2.75, 3.05) is 7.05 Å². The summed E-state index contributed by atoms with van der Waals surface area (Å²) in [5, 5.41) is 14.9. The number of nitriles is 1. The number of carbonyl (C=O) groups excluding carboxylic acids is 2. The lowest BCUT2D eigenvalue weighted by Gasteiger charge is -2.06. The lowest BCUT2D eigenvalue weighted by atomic mass is 10.00. The smallest absolute Gasteiger partial charge is 0.267 e. The first-order chi connectivity index (χ1) is 9.81. The zero-order valence-corrected chi connectivity index (χ0v) is 11.9. The topological polar surface area (TPSA) is 87.8 Å². The number of Topliss-reactive ketones (excluding diaryl/α,β-unsaturated/α-hetero) is 1. The molecule has 0 bridgehead atoms. The van der Waals surface area contributed by atoms with Crippen LogP contribution in [0.4, 0.5) is 8.78 Å². The molecule has 0 aliphatic carbocycles. The van der Waals surface area contributed by atoms with Gasteiger partial charge in [0.1, 0.15) is 5.69 Å². The van der Waals surface area contributed by atoms with Crippen LogP contribution in [0, 0.1) is 23.2 Å². The predicted molar refractivity (Wildman–Crippen MR) is 69.5 cm³/mol. The van der Waals surface area contributed by atoms with Gasteiger partial charge >= 0.3 is 0 Å². The van der Waals surface area contributed by atoms with Gasteiger partial charge in [-0.15, -0.1) is 0 Å². The number of rotatable bonds is 6. The minimum Gasteiger partial charge on any atom is -0.358 e. The minimum atomic E-state index is -2.91. The molecule has 1 N–H and O–H groups in total. The summed E-state index contributed by atoms with van der Waals surface area (Å²) in [7, 11) is 1.26. The molecule has 0 aliphatic heterocycles. The molecule has 114 valence electrons. The molecular formula is C13H16F2N4O2. The van der Waals surface area contributed by atoms with Crippen LogP contribution in [0.3, 0.4) is 0 Å². The van der Waals surface area contributed by atoms with Gasteiger partial charge < -0.3 is 5.32 Å². The summed E-state index contributed by atoms with van der Waals surface area (Å²) in [5.41, 5.74) is -1.09. The van der Waals surface area contributed by atoms with Crippen LogP contribution in [0.1, 0.15) is 36.3 Å². The van der Waals surface area contributed by atoms with Gasteiger partial charge in [0, 0.05) is 19.8 Å². The van der Waals surface area contributed by atoms with E-state index in [2.05, 4.69) is 10.4 Å². The Labute approximate surface area is 120 Å². The fourth-order valence-electron chi connectivity index (χ4n) is 1.77. The van der Waals surface area contributed by atoms with E-state index < -0.39 is 35.3 Å². The highest BCUT2D eigenvalue weighted by atomic mass is 19.3. The van der Waals surface area contributed by atoms with Crippen LogP contribution in [0.25, 0.3) is 0 Å². The van der Waals surface area contributed by atoms with Gasteiger partial charge in [-0.25, -0.2) is 8.78 Å². The first kappa shape index (κ1) is 16.8. The summed E-state index contributed by atoms with van der Waals surface area (Å²) in [4.78, 5) is 23.6. The molecule has 0 saturated carbocycles. The minimum absolute atomic E-state index is 0.143. The molecule has 0 aliphatic rings. The van der Waals surface area contributed by atoms with Gasteiger partial charge in [0.2, 0.25) is 11.7 Å². The summed E-state index contributed by atoms with van der Waals surface area (Å²) in [5.74, 6) is -3.41. The van der Waals surface area contributed by atoms with E-state index in [0.717, 1.165) is 6.20 Å². The molecule has 0 aromatic carbocycles. The zero-order valence-electron chi connectivity index (χ0n) is 11.9. The number of hydrogen-bond donors (Lipinski definition) is 1. The first-order valence-electron chi connectivity index (χ1n) is 6.32. The molecule has 1 amide bonds. The third-order valence-corrected chi connectivity index (χ3v) is 2.71. The SMILES string of the molecule is CNC(=O)C(C#N)C(=O)c1nn(CC(C)C)cc1C(F)F. The Morgan fingerprint density at radius 3 is 2.52 bits per heavy atom. The number of nitrogens with one attached hydrogen (secondary N) is 1. The monoisotopic (exact) mass is 298 g/mol. The standard InChI is InChI=1S/C13H16F2N4O2/c1-7(2)5-19-6-9(12(14)15)10(18-19)11(20)8(4-16)13(21)17-3/h6-8,12H,5H2,1-3H3,(H,17,21). The number of carbonyl (C=O) groups is 2. The molecule has 0 fully saturated rings. The van der Waals surface area contributed by atoms with E-state index in [4.69, 9.17) is 5.26 Å². The summed E-state index contributed by atoms with van der Waals surface area (Å²) in [6.45, 7) is 4.09. The third-order valence-electron chi connectivity index (χ3n) is 2.71. The molecule has 6 nitrogen and oxygen atoms in total. The van der Waals surface area contributed by atoms with Gasteiger partial charge in [0.15, 0.2) is 5.92 Å². The van der Waals surface area contributed by atoms with E-state index in [0.29, 0.717) is 6.54 Å². The number of halogens is 2. The van der Waals surface area contributed by atoms with Crippen molar-refractivity contribution in [3.8, 4) is 6.07 Å². The van der Waals surface area contributed by atoms with Crippen molar-refractivity contribution in [3.05, 3.63) is 17.5 Å². The predicted octanol–water partition coefficient (Wildman–Crippen LogP) is 1.55. The Morgan fingerprint density at radius 1 is 1.48 bits per heavy atom. The van der Waals surface area contributed by atoms with Crippen molar-refractivity contribution in [2.45, 2.75) is 26.8 Å². The Kier molecular flexibility index (Phi) is 5.52. The van der Waals surface area contributed by atoms with E-state index in [-0.39, 0.29) is 5.92 Å². The molecule has 1 aromatic heterocycles. The Balaban J connectivity index is 3.21. The first-order valence-corrected chi connectivity index (χ1v) is 6.32. The average molecular weight is 298 g/mol. The zero-order chi connectivity index (χ0) is 16.2. The largest absolute Gasteiger partial charge is 0.358 e. The summed E-state index contributed by atoms with van der Waals surface area (Å²) in [6, 6.07) is 1.51. The lowest BCUT2D eigenvalue weighted by Crippen LogP contribution is -2.32. The van der Waals surface area contributed by atoms with Gasteiger partial charge in [-0.2, -0.15) is 10.4 Å². The van der Waals surface area contributed by atoms with E-state index in [1.165, 1.54) is 17.8 Å². The number of hydrogen-bond acceptors (Lipinski definition) is 4. The number of alkyl halides is 2. The van der Waals surface area contributed by atoms with Gasteiger partial charge in [-0.1, -0.05) is 13.8 Å². The van der Waals surface area contributed by atoms with E-state index >= 15 is 0 Å². The summed E-state index contributed by atoms with van der Waals surface area (Å²) >= 11 is 0. The highest BCUT2D eigenvalue weighted by molar-refractivity contribution is 6.11. The maximum atomic E-state index is 13.0. The van der Waals surface area contributed by atoms with Crippen molar-refractivity contribution < 1.29 is 18.4 Å². The van der Waals surface area contributed by atoms with Gasteiger partial charge in [0.05, 0.1) is 11.6 Å². The van der Waals surface area contributed by atoms with Crippen LogP contribution < -0.4 is 5.32 Å². The molecule has 21 heavy (non-hydrogen) atoms. The number of nitrogens with zero attached hydrogens (tertiary/aromatic N) is 3. The molecule has 8 heteroatoms. The van der Waals surface area contributed by atoms with Crippen LogP contribution in [0.5, 0.6) is 0 Å². The molecule has 1 unspecified atom stereocenters. The van der Waals surface area contributed by atoms with E-state index in [9.17, 15) is 18.4 Å². The molecule has 1 heterocycles. The van der Waals surface area contributed by atoms with E-state index in [1.807, 2.05) is 13.8 Å². The molecule has 0 spiro atoms. The van der Waals surface area contributed by atoms with Gasteiger partial charge in [-0.05, 0) is 5.92 Å². The number of amides is 1. The fraction of sp³-hybridized carbons (Fsp3) is 0.538. The summed E-state index contributed by atoms with van der Waals surface area (Å²) < 4.78 is 27.2. The van der Waals surface area contributed by atoms with Crippen molar-refractivity contribution in [2.24, 2.45) is 11.8 Å². The van der Waals surface area contributed by atoms with Gasteiger partial charge in [0.25, 0.3) is 6.43 Å². The molecule has 1 rings (SSSR count). The molecule has 0 saturated heterocycles. The molecule has 1 aromatic rings. The Morgan fingerprint density at radius 2 is 2.10 bits per heavy atom. The quantitative estimate of drug-likeness (QED) is 0.637. The Bertz CT molecular complexity index is 575. The fourth-order valence-corrected chi connectivity index (χ4v) is 1.77. The number of ketones is 1. The van der Waals surface area contributed by atoms with Gasteiger partial charge in [-0.3, -0.25) is 14.3 Å². The molecule has 1 atom stereocenters. The van der Waals surface area contributed by atoms with Crippen LogP contribution in [0.15, 0.2) is 6.20 Å². The van der Waals surface area contributed by atoms with E-state index in [1.54, 1.807) is 0 Å². The highest BCUT2D eigenvalue weighted by Crippen LogP contribution is 2.24. The lowest BCUT2D eigenvalue weighted by molar-refractivity contribution is -0.121. The van der Waals surface area contributed by atoms with Crippen molar-refractivity contribution in [1.29, 1.82) is 5.26 Å². The maximum Gasteiger partial charge on any atom is 0.267 e. The van der Waals surface area contributed by atoms with Crippen molar-refractivity contribution in [3.63, 3.8) is 0 Å². The second kappa shape index (κ2) is 6.92. The summed E-state index contributed by atoms with van der Waals surface area (Å²) in [6.07, 6.45) is -1.83. The maximum absolute atomic E-state index is 13.0. The molecule has 0 radical (unpaired) electrons. The normalized spacial score (nSPS) is 12.3. The van der Waals surface area contributed by atoms with Crippen LogP contribution >= 0.6 is 0 Å². The second-order valence-corrected chi connectivity index (χ2v) is 4.89. The highest BCUT2D eigenvalue weighted by Gasteiger charge is 2.32. The second-order valence-electron chi connectivity index (χ2n) is 4.89. The Hall–Kier alpha value is -2.30. The third kappa shape index (κ3) is 3.84. The molecular weight excluding hydrogens is 282 g/mol. The van der Waals surface area contributed by atoms with Crippen molar-refractivity contribution >= 4 is 11.7 Å².